The third-order valence-corrected chi connectivity index (χ3v) is 5.99. The molecule has 2 fully saturated rings. The van der Waals surface area contributed by atoms with Gasteiger partial charge in [-0.1, -0.05) is 12.1 Å². The van der Waals surface area contributed by atoms with E-state index in [0.29, 0.717) is 31.3 Å². The summed E-state index contributed by atoms with van der Waals surface area (Å²) >= 11 is 0. The summed E-state index contributed by atoms with van der Waals surface area (Å²) in [5.74, 6) is 1.76. The zero-order chi connectivity index (χ0) is 19.9. The smallest absolute Gasteiger partial charge is 0.236 e. The fourth-order valence-electron chi connectivity index (χ4n) is 4.10. The largest absolute Gasteiger partial charge is 0.497 e. The second kappa shape index (κ2) is 9.92. The van der Waals surface area contributed by atoms with Crippen LogP contribution < -0.4 is 4.74 Å². The minimum Gasteiger partial charge on any atom is -0.497 e. The quantitative estimate of drug-likeness (QED) is 0.721. The number of hydrogen-bond donors (Lipinski definition) is 0. The zero-order valence-electron chi connectivity index (χ0n) is 17.2. The molecule has 2 amide bonds. The number of rotatable bonds is 7. The summed E-state index contributed by atoms with van der Waals surface area (Å²) in [7, 11) is 3.50. The van der Waals surface area contributed by atoms with Crippen LogP contribution in [-0.4, -0.2) is 73.4 Å². The van der Waals surface area contributed by atoms with E-state index < -0.39 is 0 Å². The molecule has 0 spiro atoms. The van der Waals surface area contributed by atoms with Crippen LogP contribution in [0.15, 0.2) is 24.3 Å². The Balaban J connectivity index is 1.38. The van der Waals surface area contributed by atoms with E-state index in [1.165, 1.54) is 0 Å². The normalized spacial score (nSPS) is 18.3. The molecule has 0 unspecified atom stereocenters. The van der Waals surface area contributed by atoms with Crippen molar-refractivity contribution >= 4 is 11.8 Å². The number of carbonyl (C=O) groups is 2. The van der Waals surface area contributed by atoms with Gasteiger partial charge in [0, 0.05) is 33.1 Å². The number of piperidine rings is 1. The Morgan fingerprint density at radius 1 is 1.07 bits per heavy atom. The SMILES string of the molecule is COc1ccc(CN(C)C(=O)CN2CCC(CC(=O)N3CCCC3)CC2)cc1. The number of nitrogens with zero attached hydrogens (tertiary/aromatic N) is 3. The fraction of sp³-hybridized carbons (Fsp3) is 0.636. The summed E-state index contributed by atoms with van der Waals surface area (Å²) in [6.45, 7) is 4.74. The topological polar surface area (TPSA) is 53.1 Å². The molecular formula is C22H33N3O3. The summed E-state index contributed by atoms with van der Waals surface area (Å²) in [6.07, 6.45) is 5.00. The molecule has 0 aliphatic carbocycles. The first-order valence-corrected chi connectivity index (χ1v) is 10.4. The average molecular weight is 388 g/mol. The van der Waals surface area contributed by atoms with E-state index in [2.05, 4.69) is 4.90 Å². The molecule has 154 valence electrons. The number of amides is 2. The zero-order valence-corrected chi connectivity index (χ0v) is 17.2. The first-order valence-electron chi connectivity index (χ1n) is 10.4. The van der Waals surface area contributed by atoms with E-state index >= 15 is 0 Å². The fourth-order valence-corrected chi connectivity index (χ4v) is 4.10. The summed E-state index contributed by atoms with van der Waals surface area (Å²) in [4.78, 5) is 30.9. The maximum absolute atomic E-state index is 12.6. The molecule has 1 aromatic carbocycles. The van der Waals surface area contributed by atoms with Crippen molar-refractivity contribution in [3.8, 4) is 5.75 Å². The van der Waals surface area contributed by atoms with Gasteiger partial charge in [0.2, 0.25) is 11.8 Å². The molecule has 0 saturated carbocycles. The van der Waals surface area contributed by atoms with Crippen molar-refractivity contribution in [2.45, 2.75) is 38.6 Å². The maximum Gasteiger partial charge on any atom is 0.236 e. The maximum atomic E-state index is 12.6. The van der Waals surface area contributed by atoms with Crippen molar-refractivity contribution < 1.29 is 14.3 Å². The summed E-state index contributed by atoms with van der Waals surface area (Å²) in [5.41, 5.74) is 1.09. The summed E-state index contributed by atoms with van der Waals surface area (Å²) in [6, 6.07) is 7.82. The van der Waals surface area contributed by atoms with Crippen LogP contribution >= 0.6 is 0 Å². The lowest BCUT2D eigenvalue weighted by molar-refractivity contribution is -0.133. The van der Waals surface area contributed by atoms with Gasteiger partial charge in [0.1, 0.15) is 5.75 Å². The number of likely N-dealkylation sites (N-methyl/N-ethyl adjacent to an activating group) is 1. The van der Waals surface area contributed by atoms with Gasteiger partial charge >= 0.3 is 0 Å². The average Bonchev–Trinajstić information content (AvgIpc) is 3.25. The second-order valence-electron chi connectivity index (χ2n) is 8.11. The predicted molar refractivity (Wildman–Crippen MR) is 109 cm³/mol. The van der Waals surface area contributed by atoms with Gasteiger partial charge in [-0.05, 0) is 62.4 Å². The van der Waals surface area contributed by atoms with Crippen molar-refractivity contribution in [1.29, 1.82) is 0 Å². The van der Waals surface area contributed by atoms with Gasteiger partial charge in [-0.15, -0.1) is 0 Å². The van der Waals surface area contributed by atoms with Crippen LogP contribution in [0.1, 0.15) is 37.7 Å². The van der Waals surface area contributed by atoms with Crippen molar-refractivity contribution in [3.63, 3.8) is 0 Å². The van der Waals surface area contributed by atoms with Crippen molar-refractivity contribution in [3.05, 3.63) is 29.8 Å². The molecule has 0 N–H and O–H groups in total. The molecule has 2 aliphatic heterocycles. The van der Waals surface area contributed by atoms with Crippen molar-refractivity contribution in [1.82, 2.24) is 14.7 Å². The lowest BCUT2D eigenvalue weighted by Gasteiger charge is -2.33. The summed E-state index contributed by atoms with van der Waals surface area (Å²) in [5, 5.41) is 0. The van der Waals surface area contributed by atoms with E-state index in [9.17, 15) is 9.59 Å². The van der Waals surface area contributed by atoms with Crippen LogP contribution in [0.3, 0.4) is 0 Å². The standard InChI is InChI=1S/C22H33N3O3/c1-23(16-19-5-7-20(28-2)8-6-19)22(27)17-24-13-9-18(10-14-24)15-21(26)25-11-3-4-12-25/h5-8,18H,3-4,9-17H2,1-2H3. The molecule has 28 heavy (non-hydrogen) atoms. The minimum absolute atomic E-state index is 0.141. The molecule has 0 atom stereocenters. The van der Waals surface area contributed by atoms with E-state index in [4.69, 9.17) is 4.74 Å². The molecule has 6 nitrogen and oxygen atoms in total. The second-order valence-corrected chi connectivity index (χ2v) is 8.11. The highest BCUT2D eigenvalue weighted by Gasteiger charge is 2.26. The van der Waals surface area contributed by atoms with Crippen LogP contribution in [0.5, 0.6) is 5.75 Å². The lowest BCUT2D eigenvalue weighted by atomic mass is 9.93. The van der Waals surface area contributed by atoms with Crippen LogP contribution in [0.2, 0.25) is 0 Å². The van der Waals surface area contributed by atoms with Crippen molar-refractivity contribution in [2.24, 2.45) is 5.92 Å². The third kappa shape index (κ3) is 5.71. The highest BCUT2D eigenvalue weighted by Crippen LogP contribution is 2.22. The van der Waals surface area contributed by atoms with Gasteiger partial charge in [0.05, 0.1) is 13.7 Å². The van der Waals surface area contributed by atoms with Gasteiger partial charge in [-0.3, -0.25) is 14.5 Å². The Morgan fingerprint density at radius 3 is 2.32 bits per heavy atom. The van der Waals surface area contributed by atoms with Crippen LogP contribution in [0, 0.1) is 5.92 Å². The molecular weight excluding hydrogens is 354 g/mol. The molecule has 3 rings (SSSR count). The van der Waals surface area contributed by atoms with Gasteiger partial charge in [0.25, 0.3) is 0 Å². The number of carbonyl (C=O) groups excluding carboxylic acids is 2. The molecule has 2 aliphatic rings. The van der Waals surface area contributed by atoms with E-state index in [0.717, 1.165) is 63.2 Å². The monoisotopic (exact) mass is 387 g/mol. The van der Waals surface area contributed by atoms with Crippen LogP contribution in [0.4, 0.5) is 0 Å². The van der Waals surface area contributed by atoms with Gasteiger partial charge < -0.3 is 14.5 Å². The molecule has 1 aromatic rings. The highest BCUT2D eigenvalue weighted by atomic mass is 16.5. The van der Waals surface area contributed by atoms with E-state index in [1.54, 1.807) is 12.0 Å². The van der Waals surface area contributed by atoms with E-state index in [1.807, 2.05) is 36.2 Å². The molecule has 0 aromatic heterocycles. The molecule has 0 radical (unpaired) electrons. The Labute approximate surface area is 168 Å². The van der Waals surface area contributed by atoms with Gasteiger partial charge in [-0.25, -0.2) is 0 Å². The molecule has 6 heteroatoms. The van der Waals surface area contributed by atoms with Gasteiger partial charge in [0.15, 0.2) is 0 Å². The molecule has 2 heterocycles. The predicted octanol–water partition coefficient (Wildman–Crippen LogP) is 2.38. The lowest BCUT2D eigenvalue weighted by Crippen LogP contribution is -2.42. The highest BCUT2D eigenvalue weighted by molar-refractivity contribution is 5.78. The Bertz CT molecular complexity index is 647. The number of hydrogen-bond acceptors (Lipinski definition) is 4. The summed E-state index contributed by atoms with van der Waals surface area (Å²) < 4.78 is 5.17. The number of likely N-dealkylation sites (tertiary alicyclic amines) is 2. The Hall–Kier alpha value is -2.08. The Morgan fingerprint density at radius 2 is 1.71 bits per heavy atom. The Kier molecular flexibility index (Phi) is 7.31. The number of ether oxygens (including phenoxy) is 1. The number of benzene rings is 1. The first kappa shape index (κ1) is 20.6. The van der Waals surface area contributed by atoms with Crippen molar-refractivity contribution in [2.75, 3.05) is 46.9 Å². The molecule has 0 bridgehead atoms. The third-order valence-electron chi connectivity index (χ3n) is 5.99. The van der Waals surface area contributed by atoms with Crippen LogP contribution in [-0.2, 0) is 16.1 Å². The van der Waals surface area contributed by atoms with Crippen LogP contribution in [0.25, 0.3) is 0 Å². The van der Waals surface area contributed by atoms with E-state index in [-0.39, 0.29) is 5.91 Å². The van der Waals surface area contributed by atoms with Gasteiger partial charge in [-0.2, -0.15) is 0 Å². The molecule has 2 saturated heterocycles. The minimum atomic E-state index is 0.141. The number of methoxy groups -OCH3 is 1. The first-order chi connectivity index (χ1) is 13.5.